The van der Waals surface area contributed by atoms with Gasteiger partial charge in [-0.2, -0.15) is 11.8 Å². The van der Waals surface area contributed by atoms with Gasteiger partial charge in [0.05, 0.1) is 0 Å². The van der Waals surface area contributed by atoms with Gasteiger partial charge in [-0.25, -0.2) is 0 Å². The van der Waals surface area contributed by atoms with Crippen LogP contribution < -0.4 is 0 Å². The molecule has 0 fully saturated rings. The summed E-state index contributed by atoms with van der Waals surface area (Å²) in [5, 5.41) is 0.639. The van der Waals surface area contributed by atoms with Crippen molar-refractivity contribution >= 4 is 17.5 Å². The minimum Gasteiger partial charge on any atom is -0.300 e. The van der Waals surface area contributed by atoms with E-state index in [9.17, 15) is 4.79 Å². The molecule has 0 rings (SSSR count). The molecule has 0 aromatic carbocycles. The van der Waals surface area contributed by atoms with E-state index in [1.54, 1.807) is 0 Å². The Balaban J connectivity index is 3.87. The van der Waals surface area contributed by atoms with Gasteiger partial charge in [0.1, 0.15) is 5.78 Å². The van der Waals surface area contributed by atoms with Crippen molar-refractivity contribution in [2.24, 2.45) is 5.92 Å². The third kappa shape index (κ3) is 8.98. The van der Waals surface area contributed by atoms with E-state index in [0.717, 1.165) is 19.3 Å². The molecule has 0 amide bonds. The predicted octanol–water partition coefficient (Wildman–Crippen LogP) is 4.30. The second-order valence-corrected chi connectivity index (χ2v) is 7.85. The van der Waals surface area contributed by atoms with Gasteiger partial charge < -0.3 is 0 Å². The van der Waals surface area contributed by atoms with Crippen LogP contribution in [0.3, 0.4) is 0 Å². The number of carbonyl (C=O) groups is 1. The Labute approximate surface area is 99.4 Å². The van der Waals surface area contributed by atoms with Crippen molar-refractivity contribution in [2.75, 3.05) is 0 Å². The van der Waals surface area contributed by atoms with Crippen LogP contribution in [0.2, 0.25) is 0 Å². The Kier molecular flexibility index (Phi) is 6.58. The summed E-state index contributed by atoms with van der Waals surface area (Å²) < 4.78 is 0.237. The fourth-order valence-electron chi connectivity index (χ4n) is 1.69. The first kappa shape index (κ1) is 15.0. The molecule has 0 saturated heterocycles. The van der Waals surface area contributed by atoms with Crippen molar-refractivity contribution in [3.8, 4) is 0 Å². The maximum absolute atomic E-state index is 11.6. The molecule has 0 aliphatic heterocycles. The monoisotopic (exact) mass is 230 g/mol. The van der Waals surface area contributed by atoms with Crippen LogP contribution in [0.1, 0.15) is 60.8 Å². The molecule has 0 heterocycles. The highest BCUT2D eigenvalue weighted by atomic mass is 32.2. The van der Waals surface area contributed by atoms with E-state index in [4.69, 9.17) is 0 Å². The zero-order valence-electron chi connectivity index (χ0n) is 11.1. The van der Waals surface area contributed by atoms with Gasteiger partial charge in [0.2, 0.25) is 0 Å². The van der Waals surface area contributed by atoms with Crippen molar-refractivity contribution in [1.29, 1.82) is 0 Å². The maximum atomic E-state index is 11.6. The van der Waals surface area contributed by atoms with Gasteiger partial charge in [-0.1, -0.05) is 41.5 Å². The molecule has 0 atom stereocenters. The molecule has 1 nitrogen and oxygen atoms in total. The summed E-state index contributed by atoms with van der Waals surface area (Å²) in [6.45, 7) is 13.1. The molecular formula is C13H26OS. The maximum Gasteiger partial charge on any atom is 0.133 e. The van der Waals surface area contributed by atoms with Crippen molar-refractivity contribution in [2.45, 2.75) is 70.8 Å². The highest BCUT2D eigenvalue weighted by Crippen LogP contribution is 2.32. The summed E-state index contributed by atoms with van der Waals surface area (Å²) in [4.78, 5) is 11.6. The fraction of sp³-hybridized carbons (Fsp3) is 0.923. The Morgan fingerprint density at radius 1 is 1.20 bits per heavy atom. The standard InChI is InChI=1S/C13H26OS/c1-10(2)9-12(14)7-8-13(5,6)15-11(3)4/h10-11H,7-9H2,1-6H3. The first-order valence-corrected chi connectivity index (χ1v) is 6.80. The minimum absolute atomic E-state index is 0.237. The van der Waals surface area contributed by atoms with Gasteiger partial charge >= 0.3 is 0 Å². The van der Waals surface area contributed by atoms with Crippen molar-refractivity contribution in [1.82, 2.24) is 0 Å². The number of hydrogen-bond acceptors (Lipinski definition) is 2. The molecule has 0 spiro atoms. The molecule has 0 aromatic heterocycles. The van der Waals surface area contributed by atoms with E-state index < -0.39 is 0 Å². The second-order valence-electron chi connectivity index (χ2n) is 5.56. The third-order valence-electron chi connectivity index (χ3n) is 2.20. The molecule has 0 saturated carbocycles. The zero-order valence-corrected chi connectivity index (χ0v) is 11.9. The quantitative estimate of drug-likeness (QED) is 0.648. The van der Waals surface area contributed by atoms with Gasteiger partial charge in [0.25, 0.3) is 0 Å². The van der Waals surface area contributed by atoms with E-state index >= 15 is 0 Å². The largest absolute Gasteiger partial charge is 0.300 e. The van der Waals surface area contributed by atoms with Gasteiger partial charge in [-0.05, 0) is 17.6 Å². The number of thioether (sulfide) groups is 1. The fourth-order valence-corrected chi connectivity index (χ4v) is 3.19. The SMILES string of the molecule is CC(C)CC(=O)CCC(C)(C)SC(C)C. The van der Waals surface area contributed by atoms with E-state index in [2.05, 4.69) is 41.5 Å². The van der Waals surface area contributed by atoms with E-state index in [-0.39, 0.29) is 4.75 Å². The summed E-state index contributed by atoms with van der Waals surface area (Å²) in [7, 11) is 0. The molecule has 90 valence electrons. The van der Waals surface area contributed by atoms with E-state index in [1.165, 1.54) is 0 Å². The molecule has 15 heavy (non-hydrogen) atoms. The van der Waals surface area contributed by atoms with Crippen LogP contribution in [0.4, 0.5) is 0 Å². The van der Waals surface area contributed by atoms with E-state index in [1.807, 2.05) is 11.8 Å². The average molecular weight is 230 g/mol. The summed E-state index contributed by atoms with van der Waals surface area (Å²) >= 11 is 1.97. The summed E-state index contributed by atoms with van der Waals surface area (Å²) in [5.41, 5.74) is 0. The van der Waals surface area contributed by atoms with Crippen LogP contribution in [-0.2, 0) is 4.79 Å². The molecule has 0 radical (unpaired) electrons. The normalized spacial score (nSPS) is 12.5. The summed E-state index contributed by atoms with van der Waals surface area (Å²) in [5.74, 6) is 0.917. The first-order chi connectivity index (χ1) is 6.73. The lowest BCUT2D eigenvalue weighted by atomic mass is 9.99. The first-order valence-electron chi connectivity index (χ1n) is 5.92. The Hall–Kier alpha value is 0.0200. The smallest absolute Gasteiger partial charge is 0.133 e. The van der Waals surface area contributed by atoms with Gasteiger partial charge in [0, 0.05) is 17.6 Å². The molecule has 0 bridgehead atoms. The minimum atomic E-state index is 0.237. The average Bonchev–Trinajstić information content (AvgIpc) is 1.97. The third-order valence-corrected chi connectivity index (χ3v) is 3.51. The number of rotatable bonds is 7. The number of hydrogen-bond donors (Lipinski definition) is 0. The van der Waals surface area contributed by atoms with Gasteiger partial charge in [-0.3, -0.25) is 4.79 Å². The van der Waals surface area contributed by atoms with Crippen LogP contribution in [0.15, 0.2) is 0 Å². The molecule has 0 unspecified atom stereocenters. The summed E-state index contributed by atoms with van der Waals surface area (Å²) in [6, 6.07) is 0. The van der Waals surface area contributed by atoms with Crippen LogP contribution in [0, 0.1) is 5.92 Å². The molecule has 0 aliphatic carbocycles. The molecule has 0 aliphatic rings. The molecular weight excluding hydrogens is 204 g/mol. The lowest BCUT2D eigenvalue weighted by Gasteiger charge is -2.26. The van der Waals surface area contributed by atoms with Crippen LogP contribution in [-0.4, -0.2) is 15.8 Å². The van der Waals surface area contributed by atoms with Crippen LogP contribution >= 0.6 is 11.8 Å². The van der Waals surface area contributed by atoms with Gasteiger partial charge in [-0.15, -0.1) is 0 Å². The van der Waals surface area contributed by atoms with Gasteiger partial charge in [0.15, 0.2) is 0 Å². The molecule has 0 aromatic rings. The lowest BCUT2D eigenvalue weighted by molar-refractivity contribution is -0.119. The number of Topliss-reactive ketones (excluding diaryl/α,β-unsaturated/α-hetero) is 1. The Morgan fingerprint density at radius 3 is 2.13 bits per heavy atom. The topological polar surface area (TPSA) is 17.1 Å². The highest BCUT2D eigenvalue weighted by Gasteiger charge is 2.21. The zero-order chi connectivity index (χ0) is 12.1. The summed E-state index contributed by atoms with van der Waals surface area (Å²) in [6.07, 6.45) is 2.48. The lowest BCUT2D eigenvalue weighted by Crippen LogP contribution is -2.19. The predicted molar refractivity (Wildman–Crippen MR) is 70.5 cm³/mol. The second kappa shape index (κ2) is 6.57. The van der Waals surface area contributed by atoms with Crippen molar-refractivity contribution in [3.05, 3.63) is 0 Å². The van der Waals surface area contributed by atoms with Crippen molar-refractivity contribution in [3.63, 3.8) is 0 Å². The highest BCUT2D eigenvalue weighted by molar-refractivity contribution is 8.01. The van der Waals surface area contributed by atoms with Crippen LogP contribution in [0.25, 0.3) is 0 Å². The Morgan fingerprint density at radius 2 is 1.73 bits per heavy atom. The Bertz CT molecular complexity index is 195. The van der Waals surface area contributed by atoms with Crippen molar-refractivity contribution < 1.29 is 4.79 Å². The molecule has 2 heteroatoms. The molecule has 0 N–H and O–H groups in total. The number of carbonyl (C=O) groups excluding carboxylic acids is 1. The van der Waals surface area contributed by atoms with E-state index in [0.29, 0.717) is 17.0 Å². The number of ketones is 1. The van der Waals surface area contributed by atoms with Crippen LogP contribution in [0.5, 0.6) is 0 Å².